The fourth-order valence-corrected chi connectivity index (χ4v) is 1.88. The molecular weight excluding hydrogens is 238 g/mol. The number of ether oxygens (including phenoxy) is 1. The van der Waals surface area contributed by atoms with Gasteiger partial charge in [0.15, 0.2) is 0 Å². The second-order valence-electron chi connectivity index (χ2n) is 5.01. The Labute approximate surface area is 106 Å². The van der Waals surface area contributed by atoms with Gasteiger partial charge >= 0.3 is 0 Å². The number of hydrazine groups is 1. The van der Waals surface area contributed by atoms with Gasteiger partial charge in [0.05, 0.1) is 5.60 Å². The lowest BCUT2D eigenvalue weighted by atomic mass is 9.94. The Bertz CT molecular complexity index is 376. The van der Waals surface area contributed by atoms with Crippen molar-refractivity contribution in [2.75, 3.05) is 7.11 Å². The SMILES string of the molecule is COC(C)(C)CC(Cc1cc(F)cc(F)c1)NN. The topological polar surface area (TPSA) is 47.3 Å². The summed E-state index contributed by atoms with van der Waals surface area (Å²) in [6, 6.07) is 3.37. The van der Waals surface area contributed by atoms with Gasteiger partial charge in [0.25, 0.3) is 0 Å². The molecule has 18 heavy (non-hydrogen) atoms. The van der Waals surface area contributed by atoms with Crippen LogP contribution < -0.4 is 11.3 Å². The summed E-state index contributed by atoms with van der Waals surface area (Å²) in [5.74, 6) is 4.31. The third-order valence-corrected chi connectivity index (χ3v) is 2.93. The average Bonchev–Trinajstić information content (AvgIpc) is 2.26. The highest BCUT2D eigenvalue weighted by molar-refractivity contribution is 5.19. The van der Waals surface area contributed by atoms with E-state index in [4.69, 9.17) is 10.6 Å². The normalized spacial score (nSPS) is 13.7. The standard InChI is InChI=1S/C13H20F2N2O/c1-13(2,18-3)8-12(17-16)6-9-4-10(14)7-11(15)5-9/h4-5,7,12,17H,6,8,16H2,1-3H3. The van der Waals surface area contributed by atoms with E-state index in [-0.39, 0.29) is 11.6 Å². The summed E-state index contributed by atoms with van der Waals surface area (Å²) in [6.07, 6.45) is 1.08. The molecule has 0 radical (unpaired) electrons. The van der Waals surface area contributed by atoms with Crippen LogP contribution in [0, 0.1) is 11.6 Å². The van der Waals surface area contributed by atoms with Crippen molar-refractivity contribution >= 4 is 0 Å². The van der Waals surface area contributed by atoms with Crippen molar-refractivity contribution in [1.29, 1.82) is 0 Å². The monoisotopic (exact) mass is 258 g/mol. The first-order valence-electron chi connectivity index (χ1n) is 5.82. The van der Waals surface area contributed by atoms with Gasteiger partial charge in [-0.1, -0.05) is 0 Å². The number of hydrogen-bond acceptors (Lipinski definition) is 3. The highest BCUT2D eigenvalue weighted by Gasteiger charge is 2.22. The highest BCUT2D eigenvalue weighted by atomic mass is 19.1. The van der Waals surface area contributed by atoms with Crippen LogP contribution in [0.5, 0.6) is 0 Å². The number of nitrogens with two attached hydrogens (primary N) is 1. The van der Waals surface area contributed by atoms with E-state index in [0.29, 0.717) is 18.4 Å². The Kier molecular flexibility index (Phi) is 5.19. The van der Waals surface area contributed by atoms with Crippen LogP contribution in [-0.2, 0) is 11.2 Å². The highest BCUT2D eigenvalue weighted by Crippen LogP contribution is 2.18. The fraction of sp³-hybridized carbons (Fsp3) is 0.538. The molecule has 5 heteroatoms. The maximum atomic E-state index is 13.1. The molecule has 0 aliphatic heterocycles. The van der Waals surface area contributed by atoms with Crippen LogP contribution in [0.25, 0.3) is 0 Å². The molecule has 0 saturated carbocycles. The molecule has 1 rings (SSSR count). The van der Waals surface area contributed by atoms with Crippen molar-refractivity contribution in [3.8, 4) is 0 Å². The second-order valence-corrected chi connectivity index (χ2v) is 5.01. The molecule has 1 atom stereocenters. The zero-order valence-electron chi connectivity index (χ0n) is 11.0. The largest absolute Gasteiger partial charge is 0.379 e. The van der Waals surface area contributed by atoms with Crippen molar-refractivity contribution in [1.82, 2.24) is 5.43 Å². The molecule has 0 saturated heterocycles. The molecule has 1 unspecified atom stereocenters. The lowest BCUT2D eigenvalue weighted by Crippen LogP contribution is -2.42. The second kappa shape index (κ2) is 6.22. The zero-order chi connectivity index (χ0) is 13.8. The lowest BCUT2D eigenvalue weighted by Gasteiger charge is -2.28. The predicted octanol–water partition coefficient (Wildman–Crippen LogP) is 2.15. The summed E-state index contributed by atoms with van der Waals surface area (Å²) < 4.78 is 31.5. The summed E-state index contributed by atoms with van der Waals surface area (Å²) in [4.78, 5) is 0. The summed E-state index contributed by atoms with van der Waals surface area (Å²) in [5, 5.41) is 0. The van der Waals surface area contributed by atoms with E-state index in [0.717, 1.165) is 6.07 Å². The minimum absolute atomic E-state index is 0.110. The molecule has 1 aromatic carbocycles. The molecule has 0 bridgehead atoms. The van der Waals surface area contributed by atoms with Crippen LogP contribution in [-0.4, -0.2) is 18.8 Å². The van der Waals surface area contributed by atoms with Gasteiger partial charge in [-0.3, -0.25) is 11.3 Å². The third-order valence-electron chi connectivity index (χ3n) is 2.93. The average molecular weight is 258 g/mol. The number of methoxy groups -OCH3 is 1. The van der Waals surface area contributed by atoms with Crippen molar-refractivity contribution in [3.63, 3.8) is 0 Å². The van der Waals surface area contributed by atoms with E-state index < -0.39 is 11.6 Å². The summed E-state index contributed by atoms with van der Waals surface area (Å²) >= 11 is 0. The molecule has 0 aliphatic rings. The van der Waals surface area contributed by atoms with E-state index in [9.17, 15) is 8.78 Å². The number of rotatable bonds is 6. The Hall–Kier alpha value is -1.04. The number of halogens is 2. The fourth-order valence-electron chi connectivity index (χ4n) is 1.88. The summed E-state index contributed by atoms with van der Waals surface area (Å²) in [6.45, 7) is 3.87. The molecule has 102 valence electrons. The maximum absolute atomic E-state index is 13.1. The van der Waals surface area contributed by atoms with E-state index in [1.54, 1.807) is 7.11 Å². The minimum Gasteiger partial charge on any atom is -0.379 e. The number of benzene rings is 1. The van der Waals surface area contributed by atoms with Crippen LogP contribution in [0.2, 0.25) is 0 Å². The predicted molar refractivity (Wildman–Crippen MR) is 66.9 cm³/mol. The van der Waals surface area contributed by atoms with Gasteiger partial charge in [-0.05, 0) is 44.4 Å². The van der Waals surface area contributed by atoms with Crippen LogP contribution in [0.3, 0.4) is 0 Å². The molecule has 0 fully saturated rings. The van der Waals surface area contributed by atoms with Crippen LogP contribution in [0.4, 0.5) is 8.78 Å². The van der Waals surface area contributed by atoms with Crippen LogP contribution in [0.15, 0.2) is 18.2 Å². The van der Waals surface area contributed by atoms with Crippen molar-refractivity contribution in [3.05, 3.63) is 35.4 Å². The first-order chi connectivity index (χ1) is 8.36. The van der Waals surface area contributed by atoms with Gasteiger partial charge in [0, 0.05) is 19.2 Å². The zero-order valence-corrected chi connectivity index (χ0v) is 11.0. The quantitative estimate of drug-likeness (QED) is 0.607. The number of nitrogens with one attached hydrogen (secondary N) is 1. The van der Waals surface area contributed by atoms with Gasteiger partial charge < -0.3 is 4.74 Å². The summed E-state index contributed by atoms with van der Waals surface area (Å²) in [5.41, 5.74) is 2.88. The molecule has 3 nitrogen and oxygen atoms in total. The molecule has 0 aliphatic carbocycles. The van der Waals surface area contributed by atoms with E-state index in [2.05, 4.69) is 5.43 Å². The molecule has 0 aromatic heterocycles. The Morgan fingerprint density at radius 2 is 1.83 bits per heavy atom. The lowest BCUT2D eigenvalue weighted by molar-refractivity contribution is 0.00710. The van der Waals surface area contributed by atoms with Crippen molar-refractivity contribution in [2.24, 2.45) is 5.84 Å². The molecule has 0 spiro atoms. The molecular formula is C13H20F2N2O. The van der Waals surface area contributed by atoms with Gasteiger partial charge in [-0.25, -0.2) is 8.78 Å². The van der Waals surface area contributed by atoms with Gasteiger partial charge in [-0.15, -0.1) is 0 Å². The van der Waals surface area contributed by atoms with Crippen LogP contribution in [0.1, 0.15) is 25.8 Å². The summed E-state index contributed by atoms with van der Waals surface area (Å²) in [7, 11) is 1.62. The smallest absolute Gasteiger partial charge is 0.126 e. The third kappa shape index (κ3) is 4.68. The van der Waals surface area contributed by atoms with E-state index in [1.807, 2.05) is 13.8 Å². The van der Waals surface area contributed by atoms with Crippen molar-refractivity contribution < 1.29 is 13.5 Å². The Morgan fingerprint density at radius 3 is 2.28 bits per heavy atom. The number of hydrogen-bond donors (Lipinski definition) is 2. The van der Waals surface area contributed by atoms with Crippen molar-refractivity contribution in [2.45, 2.75) is 38.3 Å². The Balaban J connectivity index is 2.73. The minimum atomic E-state index is -0.577. The Morgan fingerprint density at radius 1 is 1.28 bits per heavy atom. The van der Waals surface area contributed by atoms with Gasteiger partial charge in [0.2, 0.25) is 0 Å². The first-order valence-corrected chi connectivity index (χ1v) is 5.82. The molecule has 0 amide bonds. The van der Waals surface area contributed by atoms with Crippen LogP contribution >= 0.6 is 0 Å². The molecule has 0 heterocycles. The van der Waals surface area contributed by atoms with E-state index >= 15 is 0 Å². The first kappa shape index (κ1) is 15.0. The maximum Gasteiger partial charge on any atom is 0.126 e. The molecule has 1 aromatic rings. The van der Waals surface area contributed by atoms with Gasteiger partial charge in [0.1, 0.15) is 11.6 Å². The molecule has 3 N–H and O–H groups in total. The van der Waals surface area contributed by atoms with E-state index in [1.165, 1.54) is 12.1 Å². The van der Waals surface area contributed by atoms with Gasteiger partial charge in [-0.2, -0.15) is 0 Å².